The van der Waals surface area contributed by atoms with Crippen LogP contribution in [-0.2, 0) is 0 Å². The van der Waals surface area contributed by atoms with Crippen LogP contribution >= 0.6 is 11.6 Å². The molecule has 0 saturated carbocycles. The van der Waals surface area contributed by atoms with Gasteiger partial charge in [-0.1, -0.05) is 23.7 Å². The van der Waals surface area contributed by atoms with E-state index in [2.05, 4.69) is 20.5 Å². The molecular weight excluding hydrogens is 428 g/mol. The van der Waals surface area contributed by atoms with Gasteiger partial charge in [0.25, 0.3) is 5.91 Å². The average Bonchev–Trinajstić information content (AvgIpc) is 3.23. The minimum absolute atomic E-state index is 0.337. The number of carbonyl (C=O) groups is 1. The minimum atomic E-state index is -0.337. The molecule has 0 fully saturated rings. The Morgan fingerprint density at radius 2 is 2.00 bits per heavy atom. The van der Waals surface area contributed by atoms with Crippen molar-refractivity contribution in [1.29, 1.82) is 0 Å². The highest BCUT2D eigenvalue weighted by molar-refractivity contribution is 6.33. The van der Waals surface area contributed by atoms with Gasteiger partial charge in [0.05, 0.1) is 36.0 Å². The van der Waals surface area contributed by atoms with Crippen LogP contribution in [-0.4, -0.2) is 35.8 Å². The highest BCUT2D eigenvalue weighted by Gasteiger charge is 2.11. The van der Waals surface area contributed by atoms with E-state index in [0.717, 1.165) is 22.2 Å². The van der Waals surface area contributed by atoms with Crippen LogP contribution in [0.5, 0.6) is 11.5 Å². The highest BCUT2D eigenvalue weighted by Crippen LogP contribution is 2.28. The summed E-state index contributed by atoms with van der Waals surface area (Å²) in [6.45, 7) is 2.41. The number of nitrogens with one attached hydrogen (secondary N) is 2. The molecule has 4 aromatic rings. The number of aromatic amines is 1. The Bertz CT molecular complexity index is 1300. The first kappa shape index (κ1) is 21.4. The van der Waals surface area contributed by atoms with Crippen molar-refractivity contribution in [3.8, 4) is 22.9 Å². The topological polar surface area (TPSA) is 88.6 Å². The van der Waals surface area contributed by atoms with Crippen LogP contribution in [0.1, 0.15) is 22.8 Å². The van der Waals surface area contributed by atoms with Crippen LogP contribution in [0.2, 0.25) is 5.02 Å². The van der Waals surface area contributed by atoms with Crippen molar-refractivity contribution in [2.24, 2.45) is 5.10 Å². The van der Waals surface area contributed by atoms with E-state index in [1.165, 1.54) is 0 Å². The zero-order valence-electron chi connectivity index (χ0n) is 17.6. The molecule has 1 aromatic heterocycles. The van der Waals surface area contributed by atoms with Gasteiger partial charge in [-0.05, 0) is 61.0 Å². The number of benzene rings is 3. The van der Waals surface area contributed by atoms with Gasteiger partial charge in [-0.2, -0.15) is 5.10 Å². The SMILES string of the molecule is CCOc1cc(/C=N/NC(=O)c2ccc3nc(-c4ccccc4Cl)[nH]c3c2)ccc1OC. The zero-order valence-corrected chi connectivity index (χ0v) is 18.3. The van der Waals surface area contributed by atoms with Gasteiger partial charge in [-0.25, -0.2) is 10.4 Å². The van der Waals surface area contributed by atoms with E-state index in [-0.39, 0.29) is 5.91 Å². The van der Waals surface area contributed by atoms with Gasteiger partial charge in [0.15, 0.2) is 11.5 Å². The first-order valence-electron chi connectivity index (χ1n) is 9.98. The highest BCUT2D eigenvalue weighted by atomic mass is 35.5. The van der Waals surface area contributed by atoms with Gasteiger partial charge in [0.2, 0.25) is 0 Å². The van der Waals surface area contributed by atoms with Crippen LogP contribution in [0.25, 0.3) is 22.4 Å². The van der Waals surface area contributed by atoms with Crippen molar-refractivity contribution in [3.63, 3.8) is 0 Å². The Hall–Kier alpha value is -3.84. The van der Waals surface area contributed by atoms with Crippen molar-refractivity contribution in [3.05, 3.63) is 76.8 Å². The summed E-state index contributed by atoms with van der Waals surface area (Å²) in [5, 5.41) is 4.66. The molecule has 162 valence electrons. The van der Waals surface area contributed by atoms with Gasteiger partial charge >= 0.3 is 0 Å². The van der Waals surface area contributed by atoms with Crippen molar-refractivity contribution in [1.82, 2.24) is 15.4 Å². The lowest BCUT2D eigenvalue weighted by Gasteiger charge is -2.09. The van der Waals surface area contributed by atoms with Crippen LogP contribution in [0.3, 0.4) is 0 Å². The minimum Gasteiger partial charge on any atom is -0.493 e. The first-order valence-corrected chi connectivity index (χ1v) is 10.4. The quantitative estimate of drug-likeness (QED) is 0.305. The van der Waals surface area contributed by atoms with Gasteiger partial charge in [-0.3, -0.25) is 4.79 Å². The van der Waals surface area contributed by atoms with Crippen LogP contribution in [0.15, 0.2) is 65.8 Å². The smallest absolute Gasteiger partial charge is 0.271 e. The van der Waals surface area contributed by atoms with Gasteiger partial charge in [-0.15, -0.1) is 0 Å². The van der Waals surface area contributed by atoms with E-state index >= 15 is 0 Å². The summed E-state index contributed by atoms with van der Waals surface area (Å²) < 4.78 is 10.8. The Morgan fingerprint density at radius 1 is 1.16 bits per heavy atom. The van der Waals surface area contributed by atoms with Crippen LogP contribution < -0.4 is 14.9 Å². The largest absolute Gasteiger partial charge is 0.493 e. The number of imidazole rings is 1. The number of rotatable bonds is 7. The molecule has 0 aliphatic carbocycles. The van der Waals surface area contributed by atoms with Crippen LogP contribution in [0, 0.1) is 0 Å². The Kier molecular flexibility index (Phi) is 6.37. The molecule has 0 saturated heterocycles. The predicted octanol–water partition coefficient (Wildman–Crippen LogP) is 5.05. The number of hydrogen-bond acceptors (Lipinski definition) is 5. The molecule has 3 aromatic carbocycles. The summed E-state index contributed by atoms with van der Waals surface area (Å²) in [6.07, 6.45) is 1.55. The molecule has 8 heteroatoms. The lowest BCUT2D eigenvalue weighted by atomic mass is 10.2. The van der Waals surface area contributed by atoms with Gasteiger partial charge in [0, 0.05) is 11.1 Å². The molecular formula is C24H21ClN4O3. The van der Waals surface area contributed by atoms with Gasteiger partial charge < -0.3 is 14.5 Å². The molecule has 0 aliphatic rings. The van der Waals surface area contributed by atoms with E-state index in [9.17, 15) is 4.79 Å². The first-order chi connectivity index (χ1) is 15.6. The summed E-state index contributed by atoms with van der Waals surface area (Å²) >= 11 is 6.27. The lowest BCUT2D eigenvalue weighted by molar-refractivity contribution is 0.0955. The number of hydrazone groups is 1. The van der Waals surface area contributed by atoms with E-state index in [1.54, 1.807) is 49.7 Å². The molecule has 0 atom stereocenters. The second-order valence-corrected chi connectivity index (χ2v) is 7.25. The molecule has 32 heavy (non-hydrogen) atoms. The number of methoxy groups -OCH3 is 1. The number of halogens is 1. The maximum absolute atomic E-state index is 12.6. The molecule has 1 amide bonds. The molecule has 0 bridgehead atoms. The summed E-state index contributed by atoms with van der Waals surface area (Å²) in [5.41, 5.74) is 6.03. The molecule has 7 nitrogen and oxygen atoms in total. The van der Waals surface area contributed by atoms with Crippen molar-refractivity contribution < 1.29 is 14.3 Å². The molecule has 4 rings (SSSR count). The van der Waals surface area contributed by atoms with Crippen molar-refractivity contribution in [2.45, 2.75) is 6.92 Å². The normalized spacial score (nSPS) is 11.1. The Labute approximate surface area is 190 Å². The molecule has 0 aliphatic heterocycles. The Morgan fingerprint density at radius 3 is 2.78 bits per heavy atom. The standard InChI is InChI=1S/C24H21ClN4O3/c1-3-32-22-12-15(8-11-21(22)31-2)14-26-29-24(30)16-9-10-19-20(13-16)28-23(27-19)17-6-4-5-7-18(17)25/h4-14H,3H2,1-2H3,(H,27,28)(H,29,30)/b26-14+. The van der Waals surface area contributed by atoms with Crippen molar-refractivity contribution in [2.75, 3.05) is 13.7 Å². The van der Waals surface area contributed by atoms with E-state index in [4.69, 9.17) is 21.1 Å². The second-order valence-electron chi connectivity index (χ2n) is 6.84. The summed E-state index contributed by atoms with van der Waals surface area (Å²) in [7, 11) is 1.58. The Balaban J connectivity index is 1.49. The fourth-order valence-electron chi connectivity index (χ4n) is 3.20. The third-order valence-corrected chi connectivity index (χ3v) is 5.07. The number of aromatic nitrogens is 2. The fraction of sp³-hybridized carbons (Fsp3) is 0.125. The number of fused-ring (bicyclic) bond motifs is 1. The summed E-state index contributed by atoms with van der Waals surface area (Å²) in [6, 6.07) is 18.1. The number of nitrogens with zero attached hydrogens (tertiary/aromatic N) is 2. The molecule has 0 radical (unpaired) electrons. The fourth-order valence-corrected chi connectivity index (χ4v) is 3.43. The molecule has 0 spiro atoms. The van der Waals surface area contributed by atoms with Gasteiger partial charge in [0.1, 0.15) is 5.82 Å². The maximum Gasteiger partial charge on any atom is 0.271 e. The lowest BCUT2D eigenvalue weighted by Crippen LogP contribution is -2.17. The molecule has 1 heterocycles. The third kappa shape index (κ3) is 4.58. The molecule has 2 N–H and O–H groups in total. The maximum atomic E-state index is 12.6. The average molecular weight is 449 g/mol. The monoisotopic (exact) mass is 448 g/mol. The summed E-state index contributed by atoms with van der Waals surface area (Å²) in [5.74, 6) is 1.56. The number of amides is 1. The van der Waals surface area contributed by atoms with E-state index in [1.807, 2.05) is 31.2 Å². The van der Waals surface area contributed by atoms with E-state index < -0.39 is 0 Å². The molecule has 0 unspecified atom stereocenters. The number of carbonyl (C=O) groups excluding carboxylic acids is 1. The third-order valence-electron chi connectivity index (χ3n) is 4.74. The van der Waals surface area contributed by atoms with E-state index in [0.29, 0.717) is 34.5 Å². The number of ether oxygens (including phenoxy) is 2. The number of hydrogen-bond donors (Lipinski definition) is 2. The number of H-pyrrole nitrogens is 1. The van der Waals surface area contributed by atoms with Crippen LogP contribution in [0.4, 0.5) is 0 Å². The predicted molar refractivity (Wildman–Crippen MR) is 126 cm³/mol. The second kappa shape index (κ2) is 9.53. The zero-order chi connectivity index (χ0) is 22.5. The van der Waals surface area contributed by atoms with Crippen molar-refractivity contribution >= 4 is 34.8 Å². The summed E-state index contributed by atoms with van der Waals surface area (Å²) in [4.78, 5) is 20.3.